The van der Waals surface area contributed by atoms with Crippen molar-refractivity contribution in [2.75, 3.05) is 23.9 Å². The molecule has 4 rings (SSSR count). The fourth-order valence-electron chi connectivity index (χ4n) is 3.89. The highest BCUT2D eigenvalue weighted by Crippen LogP contribution is 2.28. The Morgan fingerprint density at radius 3 is 2.45 bits per heavy atom. The van der Waals surface area contributed by atoms with Crippen LogP contribution >= 0.6 is 15.9 Å². The molecule has 1 aliphatic rings. The molecule has 0 unspecified atom stereocenters. The Labute approximate surface area is 238 Å². The van der Waals surface area contributed by atoms with Gasteiger partial charge in [0.15, 0.2) is 6.61 Å². The summed E-state index contributed by atoms with van der Waals surface area (Å²) in [6, 6.07) is 15.1. The Morgan fingerprint density at radius 2 is 1.75 bits per heavy atom. The van der Waals surface area contributed by atoms with Crippen LogP contribution in [-0.2, 0) is 19.1 Å². The number of hydrogen-bond acceptors (Lipinski definition) is 7. The quantitative estimate of drug-likeness (QED) is 0.230. The molecule has 0 aliphatic carbocycles. The molecule has 40 heavy (non-hydrogen) atoms. The van der Waals surface area contributed by atoms with E-state index in [1.165, 1.54) is 37.5 Å². The number of barbiturate groups is 1. The number of amides is 5. The first-order chi connectivity index (χ1) is 19.1. The van der Waals surface area contributed by atoms with Gasteiger partial charge in [0, 0.05) is 15.7 Å². The van der Waals surface area contributed by atoms with Crippen LogP contribution in [0.3, 0.4) is 0 Å². The van der Waals surface area contributed by atoms with Crippen LogP contribution in [0.1, 0.15) is 27.0 Å². The minimum atomic E-state index is -0.938. The summed E-state index contributed by atoms with van der Waals surface area (Å²) in [5, 5.41) is 4.96. The molecule has 0 bridgehead atoms. The molecule has 5 amide bonds. The zero-order valence-electron chi connectivity index (χ0n) is 21.7. The van der Waals surface area contributed by atoms with Gasteiger partial charge in [-0.15, -0.1) is 0 Å². The van der Waals surface area contributed by atoms with E-state index in [-0.39, 0.29) is 29.2 Å². The van der Waals surface area contributed by atoms with Gasteiger partial charge >= 0.3 is 12.0 Å². The van der Waals surface area contributed by atoms with Crippen molar-refractivity contribution in [3.63, 3.8) is 0 Å². The van der Waals surface area contributed by atoms with Crippen LogP contribution in [0, 0.1) is 13.8 Å². The van der Waals surface area contributed by atoms with Crippen molar-refractivity contribution in [3.05, 3.63) is 93.0 Å². The maximum Gasteiger partial charge on any atom is 0.337 e. The Hall–Kier alpha value is -4.77. The molecule has 1 saturated heterocycles. The SMILES string of the molecule is COC(=O)c1ccc(N2C(=O)NC(=O)/C(=C/c3cc(Br)ccc3OCC(=O)Nc3cccc(C)c3C)C2=O)cc1. The van der Waals surface area contributed by atoms with Crippen molar-refractivity contribution in [1.29, 1.82) is 0 Å². The van der Waals surface area contributed by atoms with Gasteiger partial charge < -0.3 is 14.8 Å². The van der Waals surface area contributed by atoms with Crippen molar-refractivity contribution in [2.24, 2.45) is 0 Å². The van der Waals surface area contributed by atoms with Crippen LogP contribution in [-0.4, -0.2) is 43.4 Å². The maximum atomic E-state index is 13.3. The Morgan fingerprint density at radius 1 is 1.02 bits per heavy atom. The average Bonchev–Trinajstić information content (AvgIpc) is 2.93. The number of imide groups is 2. The third kappa shape index (κ3) is 6.10. The number of esters is 1. The molecule has 3 aromatic rings. The van der Waals surface area contributed by atoms with Crippen LogP contribution in [0.15, 0.2) is 70.7 Å². The Balaban J connectivity index is 1.58. The molecular weight excluding hydrogens is 582 g/mol. The number of methoxy groups -OCH3 is 1. The molecule has 204 valence electrons. The Bertz CT molecular complexity index is 1560. The molecular formula is C29H24BrN3O7. The smallest absolute Gasteiger partial charge is 0.337 e. The van der Waals surface area contributed by atoms with Crippen LogP contribution in [0.2, 0.25) is 0 Å². The van der Waals surface area contributed by atoms with Crippen LogP contribution in [0.4, 0.5) is 16.2 Å². The molecule has 0 radical (unpaired) electrons. The second-order valence-electron chi connectivity index (χ2n) is 8.76. The van der Waals surface area contributed by atoms with Gasteiger partial charge in [-0.25, -0.2) is 14.5 Å². The number of nitrogens with zero attached hydrogens (tertiary/aromatic N) is 1. The van der Waals surface area contributed by atoms with E-state index in [1.807, 2.05) is 26.0 Å². The maximum absolute atomic E-state index is 13.3. The van der Waals surface area contributed by atoms with Crippen LogP contribution in [0.25, 0.3) is 6.08 Å². The lowest BCUT2D eigenvalue weighted by molar-refractivity contribution is -0.122. The van der Waals surface area contributed by atoms with E-state index in [9.17, 15) is 24.0 Å². The third-order valence-corrected chi connectivity index (χ3v) is 6.65. The van der Waals surface area contributed by atoms with Crippen molar-refractivity contribution in [2.45, 2.75) is 13.8 Å². The van der Waals surface area contributed by atoms with E-state index in [2.05, 4.69) is 31.3 Å². The molecule has 0 spiro atoms. The number of aryl methyl sites for hydroxylation is 1. The van der Waals surface area contributed by atoms with Gasteiger partial charge in [-0.2, -0.15) is 0 Å². The summed E-state index contributed by atoms with van der Waals surface area (Å²) < 4.78 is 11.0. The van der Waals surface area contributed by atoms with E-state index >= 15 is 0 Å². The highest BCUT2D eigenvalue weighted by atomic mass is 79.9. The van der Waals surface area contributed by atoms with Crippen molar-refractivity contribution in [1.82, 2.24) is 5.32 Å². The minimum absolute atomic E-state index is 0.141. The summed E-state index contributed by atoms with van der Waals surface area (Å²) in [7, 11) is 1.23. The fraction of sp³-hybridized carbons (Fsp3) is 0.138. The van der Waals surface area contributed by atoms with Crippen molar-refractivity contribution < 1.29 is 33.4 Å². The van der Waals surface area contributed by atoms with Gasteiger partial charge in [0.1, 0.15) is 11.3 Å². The number of anilines is 2. The molecule has 11 heteroatoms. The lowest BCUT2D eigenvalue weighted by Gasteiger charge is -2.26. The van der Waals surface area contributed by atoms with Crippen LogP contribution < -0.4 is 20.3 Å². The molecule has 1 heterocycles. The van der Waals surface area contributed by atoms with E-state index in [0.717, 1.165) is 16.0 Å². The minimum Gasteiger partial charge on any atom is -0.483 e. The van der Waals surface area contributed by atoms with Gasteiger partial charge in [0.2, 0.25) is 0 Å². The van der Waals surface area contributed by atoms with Gasteiger partial charge in [-0.3, -0.25) is 19.7 Å². The second kappa shape index (κ2) is 12.0. The monoisotopic (exact) mass is 605 g/mol. The highest BCUT2D eigenvalue weighted by Gasteiger charge is 2.37. The van der Waals surface area contributed by atoms with Crippen molar-refractivity contribution >= 4 is 63.1 Å². The van der Waals surface area contributed by atoms with E-state index < -0.39 is 29.7 Å². The zero-order valence-corrected chi connectivity index (χ0v) is 23.3. The molecule has 3 aromatic carbocycles. The number of hydrogen-bond donors (Lipinski definition) is 2. The number of ether oxygens (including phenoxy) is 2. The number of benzene rings is 3. The molecule has 2 N–H and O–H groups in total. The summed E-state index contributed by atoms with van der Waals surface area (Å²) in [5.41, 5.74) is 2.99. The average molecular weight is 606 g/mol. The molecule has 0 saturated carbocycles. The first-order valence-electron chi connectivity index (χ1n) is 12.0. The van der Waals surface area contributed by atoms with Gasteiger partial charge in [-0.05, 0) is 79.6 Å². The number of halogens is 1. The van der Waals surface area contributed by atoms with E-state index in [1.54, 1.807) is 24.3 Å². The van der Waals surface area contributed by atoms with Gasteiger partial charge in [0.25, 0.3) is 17.7 Å². The predicted molar refractivity (Wildman–Crippen MR) is 151 cm³/mol. The normalized spacial score (nSPS) is 14.2. The zero-order chi connectivity index (χ0) is 29.0. The first kappa shape index (κ1) is 28.2. The topological polar surface area (TPSA) is 131 Å². The van der Waals surface area contributed by atoms with E-state index in [4.69, 9.17) is 4.74 Å². The summed E-state index contributed by atoms with van der Waals surface area (Å²) >= 11 is 3.36. The van der Waals surface area contributed by atoms with Crippen molar-refractivity contribution in [3.8, 4) is 5.75 Å². The summed E-state index contributed by atoms with van der Waals surface area (Å²) in [4.78, 5) is 63.7. The van der Waals surface area contributed by atoms with Crippen LogP contribution in [0.5, 0.6) is 5.75 Å². The first-order valence-corrected chi connectivity index (χ1v) is 12.8. The second-order valence-corrected chi connectivity index (χ2v) is 9.68. The summed E-state index contributed by atoms with van der Waals surface area (Å²) in [5.74, 6) is -2.51. The summed E-state index contributed by atoms with van der Waals surface area (Å²) in [6.45, 7) is 3.51. The third-order valence-electron chi connectivity index (χ3n) is 6.16. The molecule has 10 nitrogen and oxygen atoms in total. The number of urea groups is 1. The summed E-state index contributed by atoms with van der Waals surface area (Å²) in [6.07, 6.45) is 1.28. The fourth-order valence-corrected chi connectivity index (χ4v) is 4.27. The standard InChI is InChI=1S/C29H24BrN3O7/c1-16-5-4-6-23(17(16)2)31-25(34)15-40-24-12-9-20(30)13-19(24)14-22-26(35)32-29(38)33(27(22)36)21-10-7-18(8-11-21)28(37)39-3/h4-14H,15H2,1-3H3,(H,31,34)(H,32,35,38)/b22-14-. The number of carbonyl (C=O) groups is 5. The van der Waals surface area contributed by atoms with Gasteiger partial charge in [-0.1, -0.05) is 28.1 Å². The molecule has 0 aromatic heterocycles. The molecule has 0 atom stereocenters. The number of nitrogens with one attached hydrogen (secondary N) is 2. The lowest BCUT2D eigenvalue weighted by Crippen LogP contribution is -2.54. The largest absolute Gasteiger partial charge is 0.483 e. The molecule has 1 aliphatic heterocycles. The molecule has 1 fully saturated rings. The Kier molecular flexibility index (Phi) is 8.44. The van der Waals surface area contributed by atoms with Gasteiger partial charge in [0.05, 0.1) is 18.4 Å². The predicted octanol–water partition coefficient (Wildman–Crippen LogP) is 4.54. The number of carbonyl (C=O) groups excluding carboxylic acids is 5. The number of rotatable bonds is 7. The highest BCUT2D eigenvalue weighted by molar-refractivity contribution is 9.10. The van der Waals surface area contributed by atoms with E-state index in [0.29, 0.717) is 15.7 Å². The lowest BCUT2D eigenvalue weighted by atomic mass is 10.1.